The van der Waals surface area contributed by atoms with Crippen molar-refractivity contribution in [1.29, 1.82) is 0 Å². The molecule has 2 nitrogen and oxygen atoms in total. The summed E-state index contributed by atoms with van der Waals surface area (Å²) in [4.78, 5) is 3.64. The number of nitrogens with zero attached hydrogens (tertiary/aromatic N) is 1. The molecule has 0 aliphatic heterocycles. The maximum Gasteiger partial charge on any atom is 0.389 e. The van der Waals surface area contributed by atoms with E-state index in [-0.39, 0.29) is 12.8 Å². The summed E-state index contributed by atoms with van der Waals surface area (Å²) < 4.78 is 50.0. The number of nitrogens with one attached hydrogen (secondary N) is 1. The fraction of sp³-hybridized carbons (Fsp3) is 0.615. The van der Waals surface area contributed by atoms with Gasteiger partial charge < -0.3 is 5.32 Å². The van der Waals surface area contributed by atoms with Gasteiger partial charge in [0, 0.05) is 24.2 Å². The van der Waals surface area contributed by atoms with Crippen LogP contribution in [-0.4, -0.2) is 17.7 Å². The standard InChI is InChI=1S/C13H18F4N2/c1-2-7-19-12(4-3-6-13(15,16)17)10-5-8-18-9-11(10)14/h5,8-9,12,19H,2-4,6-7H2,1H3. The Morgan fingerprint density at radius 1 is 1.37 bits per heavy atom. The summed E-state index contributed by atoms with van der Waals surface area (Å²) in [6, 6.07) is 1.11. The monoisotopic (exact) mass is 278 g/mol. The van der Waals surface area contributed by atoms with Crippen LogP contribution in [-0.2, 0) is 0 Å². The molecule has 1 aromatic heterocycles. The first-order valence-electron chi connectivity index (χ1n) is 6.33. The third kappa shape index (κ3) is 6.00. The van der Waals surface area contributed by atoms with E-state index in [1.54, 1.807) is 0 Å². The minimum Gasteiger partial charge on any atom is -0.310 e. The summed E-state index contributed by atoms with van der Waals surface area (Å²) in [6.45, 7) is 2.58. The highest BCUT2D eigenvalue weighted by Gasteiger charge is 2.27. The fourth-order valence-corrected chi connectivity index (χ4v) is 1.86. The van der Waals surface area contributed by atoms with Gasteiger partial charge >= 0.3 is 6.18 Å². The van der Waals surface area contributed by atoms with Crippen molar-refractivity contribution in [3.05, 3.63) is 29.8 Å². The van der Waals surface area contributed by atoms with Crippen LogP contribution in [0.2, 0.25) is 0 Å². The summed E-state index contributed by atoms with van der Waals surface area (Å²) in [7, 11) is 0. The largest absolute Gasteiger partial charge is 0.389 e. The average molecular weight is 278 g/mol. The molecule has 0 aliphatic rings. The van der Waals surface area contributed by atoms with E-state index in [2.05, 4.69) is 10.3 Å². The molecule has 6 heteroatoms. The van der Waals surface area contributed by atoms with Gasteiger partial charge in [-0.15, -0.1) is 0 Å². The maximum absolute atomic E-state index is 13.6. The zero-order valence-electron chi connectivity index (χ0n) is 10.8. The van der Waals surface area contributed by atoms with E-state index >= 15 is 0 Å². The van der Waals surface area contributed by atoms with Gasteiger partial charge in [0.05, 0.1) is 6.20 Å². The van der Waals surface area contributed by atoms with Crippen LogP contribution in [0.25, 0.3) is 0 Å². The summed E-state index contributed by atoms with van der Waals surface area (Å²) >= 11 is 0. The van der Waals surface area contributed by atoms with E-state index in [1.165, 1.54) is 12.3 Å². The fourth-order valence-electron chi connectivity index (χ4n) is 1.86. The first-order valence-corrected chi connectivity index (χ1v) is 6.33. The molecule has 0 saturated carbocycles. The first-order chi connectivity index (χ1) is 8.94. The highest BCUT2D eigenvalue weighted by Crippen LogP contribution is 2.27. The van der Waals surface area contributed by atoms with Crippen molar-refractivity contribution in [2.75, 3.05) is 6.54 Å². The predicted octanol–water partition coefficient (Wildman–Crippen LogP) is 3.99. The highest BCUT2D eigenvalue weighted by molar-refractivity contribution is 5.17. The van der Waals surface area contributed by atoms with Crippen molar-refractivity contribution in [2.24, 2.45) is 0 Å². The molecule has 0 aliphatic carbocycles. The molecule has 1 rings (SSSR count). The quantitative estimate of drug-likeness (QED) is 0.763. The molecular formula is C13H18F4N2. The molecular weight excluding hydrogens is 260 g/mol. The van der Waals surface area contributed by atoms with E-state index in [0.29, 0.717) is 12.1 Å². The lowest BCUT2D eigenvalue weighted by molar-refractivity contribution is -0.135. The Labute approximate surface area is 110 Å². The van der Waals surface area contributed by atoms with Crippen LogP contribution in [0.4, 0.5) is 17.6 Å². The number of pyridine rings is 1. The smallest absolute Gasteiger partial charge is 0.310 e. The zero-order chi connectivity index (χ0) is 14.3. The SMILES string of the molecule is CCCNC(CCCC(F)(F)F)c1ccncc1F. The second-order valence-corrected chi connectivity index (χ2v) is 4.41. The number of halogens is 4. The molecule has 0 bridgehead atoms. The van der Waals surface area contributed by atoms with Crippen LogP contribution in [0.3, 0.4) is 0 Å². The van der Waals surface area contributed by atoms with Crippen molar-refractivity contribution in [2.45, 2.75) is 44.8 Å². The Morgan fingerprint density at radius 2 is 2.11 bits per heavy atom. The van der Waals surface area contributed by atoms with Gasteiger partial charge in [-0.3, -0.25) is 4.98 Å². The highest BCUT2D eigenvalue weighted by atomic mass is 19.4. The molecule has 1 unspecified atom stereocenters. The average Bonchev–Trinajstić information content (AvgIpc) is 2.33. The Hall–Kier alpha value is -1.17. The van der Waals surface area contributed by atoms with Gasteiger partial charge in [0.25, 0.3) is 0 Å². The normalized spacial score (nSPS) is 13.5. The van der Waals surface area contributed by atoms with Crippen LogP contribution >= 0.6 is 0 Å². The Bertz CT molecular complexity index is 379. The third-order valence-corrected chi connectivity index (χ3v) is 2.77. The van der Waals surface area contributed by atoms with E-state index < -0.39 is 24.5 Å². The van der Waals surface area contributed by atoms with Gasteiger partial charge in [-0.1, -0.05) is 6.92 Å². The van der Waals surface area contributed by atoms with Gasteiger partial charge in [-0.25, -0.2) is 4.39 Å². The van der Waals surface area contributed by atoms with Crippen LogP contribution in [0, 0.1) is 5.82 Å². The lowest BCUT2D eigenvalue weighted by atomic mass is 10.0. The minimum absolute atomic E-state index is 0.0212. The number of aromatic nitrogens is 1. The molecule has 19 heavy (non-hydrogen) atoms. The minimum atomic E-state index is -4.16. The Balaban J connectivity index is 2.64. The summed E-state index contributed by atoms with van der Waals surface area (Å²) in [5, 5.41) is 3.08. The molecule has 0 amide bonds. The molecule has 0 saturated heterocycles. The summed E-state index contributed by atoms with van der Waals surface area (Å²) in [5.41, 5.74) is 0.380. The predicted molar refractivity (Wildman–Crippen MR) is 65.1 cm³/mol. The number of hydrogen-bond acceptors (Lipinski definition) is 2. The van der Waals surface area contributed by atoms with E-state index in [0.717, 1.165) is 12.6 Å². The second-order valence-electron chi connectivity index (χ2n) is 4.41. The van der Waals surface area contributed by atoms with E-state index in [1.807, 2.05) is 6.92 Å². The molecule has 0 radical (unpaired) electrons. The summed E-state index contributed by atoms with van der Waals surface area (Å²) in [5.74, 6) is -0.483. The molecule has 0 spiro atoms. The molecule has 1 atom stereocenters. The molecule has 1 aromatic rings. The third-order valence-electron chi connectivity index (χ3n) is 2.77. The molecule has 1 N–H and O–H groups in total. The van der Waals surface area contributed by atoms with Crippen LogP contribution in [0.1, 0.15) is 44.2 Å². The lowest BCUT2D eigenvalue weighted by Crippen LogP contribution is -2.23. The lowest BCUT2D eigenvalue weighted by Gasteiger charge is -2.19. The molecule has 0 aromatic carbocycles. The van der Waals surface area contributed by atoms with Gasteiger partial charge in [0.15, 0.2) is 0 Å². The van der Waals surface area contributed by atoms with E-state index in [4.69, 9.17) is 0 Å². The topological polar surface area (TPSA) is 24.9 Å². The van der Waals surface area contributed by atoms with Gasteiger partial charge in [0.2, 0.25) is 0 Å². The number of rotatable bonds is 7. The molecule has 108 valence electrons. The van der Waals surface area contributed by atoms with Crippen molar-refractivity contribution in [3.63, 3.8) is 0 Å². The first kappa shape index (κ1) is 15.9. The van der Waals surface area contributed by atoms with Crippen molar-refractivity contribution in [1.82, 2.24) is 10.3 Å². The second kappa shape index (κ2) is 7.43. The number of hydrogen-bond donors (Lipinski definition) is 1. The van der Waals surface area contributed by atoms with Crippen molar-refractivity contribution >= 4 is 0 Å². The Morgan fingerprint density at radius 3 is 2.68 bits per heavy atom. The van der Waals surface area contributed by atoms with Crippen molar-refractivity contribution in [3.8, 4) is 0 Å². The molecule has 0 fully saturated rings. The van der Waals surface area contributed by atoms with Crippen LogP contribution in [0.5, 0.6) is 0 Å². The van der Waals surface area contributed by atoms with Crippen LogP contribution < -0.4 is 5.32 Å². The maximum atomic E-state index is 13.6. The van der Waals surface area contributed by atoms with Crippen LogP contribution in [0.15, 0.2) is 18.5 Å². The van der Waals surface area contributed by atoms with Gasteiger partial charge in [-0.05, 0) is 31.9 Å². The number of alkyl halides is 3. The van der Waals surface area contributed by atoms with E-state index in [9.17, 15) is 17.6 Å². The Kier molecular flexibility index (Phi) is 6.21. The van der Waals surface area contributed by atoms with Gasteiger partial charge in [0.1, 0.15) is 5.82 Å². The van der Waals surface area contributed by atoms with Crippen molar-refractivity contribution < 1.29 is 17.6 Å². The van der Waals surface area contributed by atoms with Gasteiger partial charge in [-0.2, -0.15) is 13.2 Å². The summed E-state index contributed by atoms with van der Waals surface area (Å²) in [6.07, 6.45) is -1.41. The zero-order valence-corrected chi connectivity index (χ0v) is 10.8. The molecule has 1 heterocycles.